The summed E-state index contributed by atoms with van der Waals surface area (Å²) < 4.78 is 0. The Morgan fingerprint density at radius 2 is 1.54 bits per heavy atom. The van der Waals surface area contributed by atoms with Gasteiger partial charge in [0.1, 0.15) is 6.04 Å². The van der Waals surface area contributed by atoms with Gasteiger partial charge in [-0.3, -0.25) is 9.59 Å². The van der Waals surface area contributed by atoms with Gasteiger partial charge in [-0.05, 0) is 34.5 Å². The van der Waals surface area contributed by atoms with E-state index in [-0.39, 0.29) is 12.3 Å². The number of halogens is 2. The van der Waals surface area contributed by atoms with E-state index in [4.69, 9.17) is 28.9 Å². The number of carbonyl (C=O) groups is 2. The summed E-state index contributed by atoms with van der Waals surface area (Å²) in [4.78, 5) is 24.6. The molecule has 3 aromatic carbocycles. The molecule has 0 aliphatic rings. The number of nitrogens with two attached hydrogens (primary N) is 1. The quantitative estimate of drug-likeness (QED) is 0.695. The minimum atomic E-state index is -0.932. The molecule has 0 aromatic heterocycles. The largest absolute Gasteiger partial charge is 0.368 e. The summed E-state index contributed by atoms with van der Waals surface area (Å²) in [5.74, 6) is -1.04. The topological polar surface area (TPSA) is 72.2 Å². The lowest BCUT2D eigenvalue weighted by Gasteiger charge is -2.18. The highest BCUT2D eigenvalue weighted by molar-refractivity contribution is 6.36. The summed E-state index contributed by atoms with van der Waals surface area (Å²) in [6, 6.07) is 17.1. The normalized spacial score (nSPS) is 11.9. The molecule has 0 radical (unpaired) electrons. The zero-order valence-corrected chi connectivity index (χ0v) is 15.2. The van der Waals surface area contributed by atoms with Crippen LogP contribution in [0.15, 0.2) is 60.7 Å². The summed E-state index contributed by atoms with van der Waals surface area (Å²) >= 11 is 12.3. The van der Waals surface area contributed by atoms with E-state index in [1.54, 1.807) is 30.3 Å². The lowest BCUT2D eigenvalue weighted by atomic mass is 10.0. The maximum Gasteiger partial charge on any atom is 0.252 e. The van der Waals surface area contributed by atoms with Gasteiger partial charge in [-0.15, -0.1) is 0 Å². The number of hydrogen-bond acceptors (Lipinski definition) is 2. The number of benzene rings is 3. The maximum atomic E-state index is 12.7. The fourth-order valence-corrected chi connectivity index (χ4v) is 3.37. The summed E-state index contributed by atoms with van der Waals surface area (Å²) in [5.41, 5.74) is 6.52. The predicted molar refractivity (Wildman–Crippen MR) is 105 cm³/mol. The number of primary amides is 1. The van der Waals surface area contributed by atoms with Crippen molar-refractivity contribution < 1.29 is 9.59 Å². The zero-order valence-electron chi connectivity index (χ0n) is 13.7. The third-order valence-corrected chi connectivity index (χ3v) is 4.86. The Morgan fingerprint density at radius 1 is 0.923 bits per heavy atom. The van der Waals surface area contributed by atoms with Crippen LogP contribution in [-0.4, -0.2) is 17.9 Å². The average Bonchev–Trinajstić information content (AvgIpc) is 2.63. The van der Waals surface area contributed by atoms with Gasteiger partial charge in [0.15, 0.2) is 0 Å². The van der Waals surface area contributed by atoms with Crippen LogP contribution in [0.3, 0.4) is 0 Å². The summed E-state index contributed by atoms with van der Waals surface area (Å²) in [5, 5.41) is 5.27. The first-order valence-corrected chi connectivity index (χ1v) is 8.74. The zero-order chi connectivity index (χ0) is 18.7. The molecule has 0 saturated heterocycles. The van der Waals surface area contributed by atoms with Crippen LogP contribution in [0, 0.1) is 0 Å². The van der Waals surface area contributed by atoms with Crippen molar-refractivity contribution in [1.29, 1.82) is 0 Å². The van der Waals surface area contributed by atoms with Crippen LogP contribution in [0.25, 0.3) is 10.8 Å². The van der Waals surface area contributed by atoms with Gasteiger partial charge in [-0.25, -0.2) is 0 Å². The molecule has 0 unspecified atom stereocenters. The lowest BCUT2D eigenvalue weighted by Crippen LogP contribution is -2.46. The number of rotatable bonds is 5. The molecule has 0 aliphatic heterocycles. The molecule has 0 fully saturated rings. The van der Waals surface area contributed by atoms with Crippen LogP contribution in [0.4, 0.5) is 0 Å². The molecule has 6 heteroatoms. The van der Waals surface area contributed by atoms with Crippen LogP contribution in [-0.2, 0) is 11.2 Å². The third-order valence-electron chi connectivity index (χ3n) is 4.15. The monoisotopic (exact) mass is 386 g/mol. The van der Waals surface area contributed by atoms with E-state index in [0.29, 0.717) is 21.2 Å². The second-order valence-corrected chi connectivity index (χ2v) is 6.67. The van der Waals surface area contributed by atoms with Gasteiger partial charge in [0.05, 0.1) is 0 Å². The Bertz CT molecular complexity index is 963. The molecular formula is C20H16Cl2N2O2. The maximum absolute atomic E-state index is 12.7. The number of amides is 2. The molecule has 4 nitrogen and oxygen atoms in total. The predicted octanol–water partition coefficient (Wildman–Crippen LogP) is 3.97. The molecule has 0 bridgehead atoms. The molecule has 132 valence electrons. The number of nitrogens with one attached hydrogen (secondary N) is 1. The highest BCUT2D eigenvalue weighted by Gasteiger charge is 2.22. The first kappa shape index (κ1) is 18.2. The van der Waals surface area contributed by atoms with Crippen molar-refractivity contribution in [2.24, 2.45) is 5.73 Å². The molecule has 0 heterocycles. The van der Waals surface area contributed by atoms with Crippen molar-refractivity contribution in [2.45, 2.75) is 12.5 Å². The first-order chi connectivity index (χ1) is 12.5. The molecule has 3 aromatic rings. The van der Waals surface area contributed by atoms with Crippen LogP contribution in [0.1, 0.15) is 15.9 Å². The molecule has 2 amide bonds. The van der Waals surface area contributed by atoms with Crippen molar-refractivity contribution in [3.63, 3.8) is 0 Å². The Kier molecular flexibility index (Phi) is 5.45. The first-order valence-electron chi connectivity index (χ1n) is 7.98. The van der Waals surface area contributed by atoms with E-state index in [1.165, 1.54) is 0 Å². The average molecular weight is 387 g/mol. The summed E-state index contributed by atoms with van der Waals surface area (Å²) in [6.45, 7) is 0. The SMILES string of the molecule is NC(=O)[C@@H](Cc1c(Cl)cccc1Cl)NC(=O)c1cccc2ccccc12. The van der Waals surface area contributed by atoms with Crippen molar-refractivity contribution in [3.8, 4) is 0 Å². The summed E-state index contributed by atoms with van der Waals surface area (Å²) in [7, 11) is 0. The Hall–Kier alpha value is -2.56. The fraction of sp³-hybridized carbons (Fsp3) is 0.100. The van der Waals surface area contributed by atoms with Gasteiger partial charge in [0, 0.05) is 22.0 Å². The minimum absolute atomic E-state index is 0.115. The molecular weight excluding hydrogens is 371 g/mol. The van der Waals surface area contributed by atoms with Gasteiger partial charge < -0.3 is 11.1 Å². The molecule has 26 heavy (non-hydrogen) atoms. The summed E-state index contributed by atoms with van der Waals surface area (Å²) in [6.07, 6.45) is 0.115. The molecule has 1 atom stereocenters. The standard InChI is InChI=1S/C20H16Cl2N2O2/c21-16-9-4-10-17(22)15(16)11-18(19(23)25)24-20(26)14-8-3-6-12-5-1-2-7-13(12)14/h1-10,18H,11H2,(H2,23,25)(H,24,26)/t18-/m1/s1. The van der Waals surface area contributed by atoms with Gasteiger partial charge in [-0.2, -0.15) is 0 Å². The molecule has 0 aliphatic carbocycles. The van der Waals surface area contributed by atoms with Crippen LogP contribution >= 0.6 is 23.2 Å². The molecule has 3 N–H and O–H groups in total. The van der Waals surface area contributed by atoms with E-state index in [2.05, 4.69) is 5.32 Å². The molecule has 0 saturated carbocycles. The smallest absolute Gasteiger partial charge is 0.252 e. The second-order valence-electron chi connectivity index (χ2n) is 5.86. The number of hydrogen-bond donors (Lipinski definition) is 2. The van der Waals surface area contributed by atoms with Gasteiger partial charge in [0.2, 0.25) is 5.91 Å². The van der Waals surface area contributed by atoms with E-state index in [0.717, 1.165) is 10.8 Å². The van der Waals surface area contributed by atoms with Crippen molar-refractivity contribution >= 4 is 45.8 Å². The second kappa shape index (κ2) is 7.77. The molecule has 3 rings (SSSR count). The van der Waals surface area contributed by atoms with E-state index >= 15 is 0 Å². The van der Waals surface area contributed by atoms with Gasteiger partial charge >= 0.3 is 0 Å². The Morgan fingerprint density at radius 3 is 2.23 bits per heavy atom. The highest BCUT2D eigenvalue weighted by Crippen LogP contribution is 2.26. The Labute approximate surface area is 160 Å². The molecule has 0 spiro atoms. The minimum Gasteiger partial charge on any atom is -0.368 e. The van der Waals surface area contributed by atoms with Gasteiger partial charge in [-0.1, -0.05) is 65.7 Å². The van der Waals surface area contributed by atoms with Crippen LogP contribution in [0.5, 0.6) is 0 Å². The fourth-order valence-electron chi connectivity index (χ4n) is 2.81. The van der Waals surface area contributed by atoms with Crippen LogP contribution in [0.2, 0.25) is 10.0 Å². The lowest BCUT2D eigenvalue weighted by molar-refractivity contribution is -0.119. The third kappa shape index (κ3) is 3.82. The Balaban J connectivity index is 1.88. The highest BCUT2D eigenvalue weighted by atomic mass is 35.5. The van der Waals surface area contributed by atoms with Crippen LogP contribution < -0.4 is 11.1 Å². The van der Waals surface area contributed by atoms with Crippen molar-refractivity contribution in [1.82, 2.24) is 5.32 Å². The number of fused-ring (bicyclic) bond motifs is 1. The van der Waals surface area contributed by atoms with Gasteiger partial charge in [0.25, 0.3) is 5.91 Å². The van der Waals surface area contributed by atoms with Crippen molar-refractivity contribution in [2.75, 3.05) is 0 Å². The van der Waals surface area contributed by atoms with E-state index in [9.17, 15) is 9.59 Å². The number of carbonyl (C=O) groups excluding carboxylic acids is 2. The van der Waals surface area contributed by atoms with E-state index < -0.39 is 11.9 Å². The van der Waals surface area contributed by atoms with E-state index in [1.807, 2.05) is 30.3 Å². The van der Waals surface area contributed by atoms with Crippen molar-refractivity contribution in [3.05, 3.63) is 81.8 Å².